The van der Waals surface area contributed by atoms with E-state index in [1.807, 2.05) is 24.3 Å². The van der Waals surface area contributed by atoms with Crippen LogP contribution in [0.5, 0.6) is 0 Å². The number of para-hydroxylation sites is 1. The summed E-state index contributed by atoms with van der Waals surface area (Å²) in [7, 11) is 0. The zero-order valence-corrected chi connectivity index (χ0v) is 12.9. The third-order valence-electron chi connectivity index (χ3n) is 4.01. The van der Waals surface area contributed by atoms with Gasteiger partial charge in [-0.15, -0.1) is 0 Å². The van der Waals surface area contributed by atoms with Crippen molar-refractivity contribution in [3.63, 3.8) is 0 Å². The van der Waals surface area contributed by atoms with E-state index < -0.39 is 0 Å². The summed E-state index contributed by atoms with van der Waals surface area (Å²) in [5.41, 5.74) is 5.23. The first-order valence-electron chi connectivity index (χ1n) is 7.18. The Morgan fingerprint density at radius 3 is 3.20 bits per heavy atom. The molecule has 0 bridgehead atoms. The third kappa shape index (κ3) is 2.57. The maximum atomic E-state index is 4.36. The average molecular weight is 287 g/mol. The molecule has 0 saturated heterocycles. The van der Waals surface area contributed by atoms with E-state index in [0.29, 0.717) is 5.25 Å². The van der Waals surface area contributed by atoms with Crippen LogP contribution in [0.25, 0.3) is 11.3 Å². The van der Waals surface area contributed by atoms with Gasteiger partial charge in [-0.05, 0) is 24.7 Å². The molecule has 2 aromatic rings. The maximum Gasteiger partial charge on any atom is 0.0950 e. The Kier molecular flexibility index (Phi) is 4.01. The first-order valence-corrected chi connectivity index (χ1v) is 8.47. The van der Waals surface area contributed by atoms with Crippen molar-refractivity contribution in [2.24, 2.45) is 0 Å². The lowest BCUT2D eigenvalue weighted by Gasteiger charge is -2.14. The Hall–Kier alpha value is -1.42. The van der Waals surface area contributed by atoms with Crippen LogP contribution in [-0.2, 0) is 13.0 Å². The molecule has 0 amide bonds. The quantitative estimate of drug-likeness (QED) is 0.910. The number of thioether (sulfide) groups is 1. The first kappa shape index (κ1) is 13.6. The molecule has 1 aromatic heterocycles. The Bertz CT molecular complexity index is 591. The van der Waals surface area contributed by atoms with Crippen molar-refractivity contribution in [1.82, 2.24) is 9.55 Å². The van der Waals surface area contributed by atoms with E-state index in [1.54, 1.807) is 0 Å². The highest BCUT2D eigenvalue weighted by atomic mass is 32.2. The second-order valence-corrected chi connectivity index (χ2v) is 6.60. The molecule has 3 nitrogen and oxygen atoms in total. The number of nitrogens with one attached hydrogen (secondary N) is 1. The predicted molar refractivity (Wildman–Crippen MR) is 87.5 cm³/mol. The number of imidazole rings is 1. The van der Waals surface area contributed by atoms with Gasteiger partial charge in [0, 0.05) is 29.6 Å². The lowest BCUT2D eigenvalue weighted by molar-refractivity contribution is 0.645. The summed E-state index contributed by atoms with van der Waals surface area (Å²) in [4.78, 5) is 4.36. The van der Waals surface area contributed by atoms with Crippen molar-refractivity contribution in [3.8, 4) is 11.3 Å². The highest BCUT2D eigenvalue weighted by molar-refractivity contribution is 7.99. The van der Waals surface area contributed by atoms with Crippen LogP contribution in [0.1, 0.15) is 18.9 Å². The van der Waals surface area contributed by atoms with Crippen LogP contribution in [-0.4, -0.2) is 27.6 Å². The van der Waals surface area contributed by atoms with Crippen LogP contribution in [0.15, 0.2) is 30.7 Å². The fraction of sp³-hybridized carbons (Fsp3) is 0.438. The molecular weight excluding hydrogens is 266 g/mol. The van der Waals surface area contributed by atoms with Crippen LogP contribution in [0.3, 0.4) is 0 Å². The molecule has 20 heavy (non-hydrogen) atoms. The average Bonchev–Trinajstić information content (AvgIpc) is 3.12. The van der Waals surface area contributed by atoms with Gasteiger partial charge in [0.05, 0.1) is 18.2 Å². The molecule has 106 valence electrons. The van der Waals surface area contributed by atoms with E-state index in [1.165, 1.54) is 28.9 Å². The fourth-order valence-corrected chi connectivity index (χ4v) is 3.06. The minimum atomic E-state index is 0.685. The van der Waals surface area contributed by atoms with Crippen LogP contribution < -0.4 is 5.32 Å². The number of nitrogens with zero attached hydrogens (tertiary/aromatic N) is 2. The van der Waals surface area contributed by atoms with E-state index in [0.717, 1.165) is 19.5 Å². The standard InChI is InChI=1S/C16H21N3S/c1-12(20-2)7-9-19-11-17-10-15(19)14-5-3-4-13-6-8-18-16(13)14/h3-5,10-12,18H,6-9H2,1-2H3. The third-order valence-corrected chi connectivity index (χ3v) is 5.05. The molecule has 0 fully saturated rings. The van der Waals surface area contributed by atoms with Gasteiger partial charge in [0.1, 0.15) is 0 Å². The Labute approximate surface area is 124 Å². The molecule has 4 heteroatoms. The second-order valence-electron chi connectivity index (χ2n) is 5.32. The number of aryl methyl sites for hydroxylation is 1. The molecular formula is C16H21N3S. The minimum Gasteiger partial charge on any atom is -0.384 e. The van der Waals surface area contributed by atoms with E-state index >= 15 is 0 Å². The van der Waals surface area contributed by atoms with Crippen molar-refractivity contribution in [2.45, 2.75) is 31.6 Å². The van der Waals surface area contributed by atoms with Crippen molar-refractivity contribution >= 4 is 17.4 Å². The number of hydrogen-bond acceptors (Lipinski definition) is 3. The monoisotopic (exact) mass is 287 g/mol. The van der Waals surface area contributed by atoms with E-state index in [2.05, 4.69) is 46.2 Å². The second kappa shape index (κ2) is 5.92. The Morgan fingerprint density at radius 1 is 1.45 bits per heavy atom. The van der Waals surface area contributed by atoms with Gasteiger partial charge in [-0.25, -0.2) is 4.98 Å². The molecule has 1 atom stereocenters. The molecule has 0 saturated carbocycles. The maximum absolute atomic E-state index is 4.36. The molecule has 1 unspecified atom stereocenters. The number of benzene rings is 1. The SMILES string of the molecule is CSC(C)CCn1cncc1-c1cccc2c1NCC2. The molecule has 1 aliphatic rings. The van der Waals surface area contributed by atoms with Crippen molar-refractivity contribution in [2.75, 3.05) is 18.1 Å². The lowest BCUT2D eigenvalue weighted by Crippen LogP contribution is -2.05. The van der Waals surface area contributed by atoms with E-state index in [-0.39, 0.29) is 0 Å². The summed E-state index contributed by atoms with van der Waals surface area (Å²) in [6.07, 6.45) is 8.41. The zero-order chi connectivity index (χ0) is 13.9. The summed E-state index contributed by atoms with van der Waals surface area (Å²) < 4.78 is 2.28. The molecule has 2 heterocycles. The normalized spacial score (nSPS) is 14.9. The number of hydrogen-bond donors (Lipinski definition) is 1. The van der Waals surface area contributed by atoms with Gasteiger partial charge in [0.15, 0.2) is 0 Å². The molecule has 0 spiro atoms. The molecule has 1 aromatic carbocycles. The Morgan fingerprint density at radius 2 is 2.35 bits per heavy atom. The molecule has 3 rings (SSSR count). The van der Waals surface area contributed by atoms with Gasteiger partial charge < -0.3 is 9.88 Å². The van der Waals surface area contributed by atoms with Crippen LogP contribution in [0.4, 0.5) is 5.69 Å². The Balaban J connectivity index is 1.88. The highest BCUT2D eigenvalue weighted by Gasteiger charge is 2.17. The van der Waals surface area contributed by atoms with E-state index in [9.17, 15) is 0 Å². The topological polar surface area (TPSA) is 29.9 Å². The van der Waals surface area contributed by atoms with E-state index in [4.69, 9.17) is 0 Å². The minimum absolute atomic E-state index is 0.685. The van der Waals surface area contributed by atoms with Gasteiger partial charge in [0.2, 0.25) is 0 Å². The largest absolute Gasteiger partial charge is 0.384 e. The van der Waals surface area contributed by atoms with Crippen molar-refractivity contribution in [3.05, 3.63) is 36.3 Å². The van der Waals surface area contributed by atoms with Gasteiger partial charge in [0.25, 0.3) is 0 Å². The summed E-state index contributed by atoms with van der Waals surface area (Å²) >= 11 is 1.92. The molecule has 1 aliphatic heterocycles. The number of rotatable bonds is 5. The highest BCUT2D eigenvalue weighted by Crippen LogP contribution is 2.34. The number of anilines is 1. The summed E-state index contributed by atoms with van der Waals surface area (Å²) in [6.45, 7) is 4.36. The van der Waals surface area contributed by atoms with Crippen LogP contribution in [0, 0.1) is 0 Å². The van der Waals surface area contributed by atoms with Crippen molar-refractivity contribution in [1.29, 1.82) is 0 Å². The first-order chi connectivity index (χ1) is 9.79. The summed E-state index contributed by atoms with van der Waals surface area (Å²) in [5.74, 6) is 0. The zero-order valence-electron chi connectivity index (χ0n) is 12.1. The summed E-state index contributed by atoms with van der Waals surface area (Å²) in [6, 6.07) is 6.57. The molecule has 0 radical (unpaired) electrons. The number of aromatic nitrogens is 2. The van der Waals surface area contributed by atoms with Crippen molar-refractivity contribution < 1.29 is 0 Å². The van der Waals surface area contributed by atoms with Gasteiger partial charge in [-0.2, -0.15) is 11.8 Å². The van der Waals surface area contributed by atoms with Crippen LogP contribution >= 0.6 is 11.8 Å². The number of fused-ring (bicyclic) bond motifs is 1. The van der Waals surface area contributed by atoms with Gasteiger partial charge in [-0.1, -0.05) is 25.1 Å². The van der Waals surface area contributed by atoms with Crippen LogP contribution in [0.2, 0.25) is 0 Å². The van der Waals surface area contributed by atoms with Gasteiger partial charge >= 0.3 is 0 Å². The fourth-order valence-electron chi connectivity index (χ4n) is 2.71. The molecule has 0 aliphatic carbocycles. The smallest absolute Gasteiger partial charge is 0.0950 e. The van der Waals surface area contributed by atoms with Gasteiger partial charge in [-0.3, -0.25) is 0 Å². The predicted octanol–water partition coefficient (Wildman–Crippen LogP) is 3.66. The lowest BCUT2D eigenvalue weighted by atomic mass is 10.1. The molecule has 1 N–H and O–H groups in total. The summed E-state index contributed by atoms with van der Waals surface area (Å²) in [5, 5.41) is 4.20.